The number of aliphatic hydroxyl groups is 1. The Morgan fingerprint density at radius 2 is 1.83 bits per heavy atom. The van der Waals surface area contributed by atoms with Crippen molar-refractivity contribution in [1.82, 2.24) is 5.32 Å². The molecule has 0 saturated heterocycles. The van der Waals surface area contributed by atoms with Crippen LogP contribution in [0.2, 0.25) is 0 Å². The first-order valence-electron chi connectivity index (χ1n) is 6.20. The van der Waals surface area contributed by atoms with E-state index >= 15 is 0 Å². The molecule has 0 radical (unpaired) electrons. The highest BCUT2D eigenvalue weighted by Crippen LogP contribution is 2.48. The van der Waals surface area contributed by atoms with Crippen molar-refractivity contribution in [1.29, 1.82) is 0 Å². The van der Waals surface area contributed by atoms with E-state index in [9.17, 15) is 14.7 Å². The Balaban J connectivity index is 2.15. The Labute approximate surface area is 106 Å². The van der Waals surface area contributed by atoms with Gasteiger partial charge in [-0.1, -0.05) is 12.2 Å². The van der Waals surface area contributed by atoms with Crippen LogP contribution in [0.1, 0.15) is 20.3 Å². The number of carbonyl (C=O) groups is 2. The van der Waals surface area contributed by atoms with Crippen LogP contribution in [-0.4, -0.2) is 34.2 Å². The van der Waals surface area contributed by atoms with Crippen molar-refractivity contribution in [2.45, 2.75) is 25.8 Å². The maximum Gasteiger partial charge on any atom is 0.307 e. The van der Waals surface area contributed by atoms with Crippen LogP contribution in [0.25, 0.3) is 0 Å². The lowest BCUT2D eigenvalue weighted by Crippen LogP contribution is -2.51. The van der Waals surface area contributed by atoms with E-state index in [1.54, 1.807) is 13.8 Å². The average molecular weight is 253 g/mol. The molecule has 2 aliphatic carbocycles. The number of hydrogen-bond acceptors (Lipinski definition) is 3. The highest BCUT2D eigenvalue weighted by molar-refractivity contribution is 5.87. The second kappa shape index (κ2) is 4.39. The lowest BCUT2D eigenvalue weighted by atomic mass is 9.82. The van der Waals surface area contributed by atoms with E-state index in [-0.39, 0.29) is 24.3 Å². The third-order valence-corrected chi connectivity index (χ3v) is 3.90. The van der Waals surface area contributed by atoms with Gasteiger partial charge in [0.2, 0.25) is 5.91 Å². The molecule has 0 aromatic heterocycles. The smallest absolute Gasteiger partial charge is 0.307 e. The molecule has 2 aliphatic rings. The van der Waals surface area contributed by atoms with Gasteiger partial charge in [0.15, 0.2) is 0 Å². The van der Waals surface area contributed by atoms with E-state index in [4.69, 9.17) is 5.11 Å². The predicted octanol–water partition coefficient (Wildman–Crippen LogP) is 0.396. The van der Waals surface area contributed by atoms with Crippen LogP contribution < -0.4 is 5.32 Å². The standard InChI is InChI=1S/C13H19NO4/c1-13(2,6-15)14-11(16)9-7-3-4-8(5-7)10(9)12(17)18/h3-4,7-10,15H,5-6H2,1-2H3,(H,14,16)(H,17,18). The highest BCUT2D eigenvalue weighted by Gasteiger charge is 2.52. The zero-order valence-corrected chi connectivity index (χ0v) is 10.6. The van der Waals surface area contributed by atoms with Crippen LogP contribution in [0, 0.1) is 23.7 Å². The van der Waals surface area contributed by atoms with Crippen molar-refractivity contribution < 1.29 is 19.8 Å². The van der Waals surface area contributed by atoms with E-state index in [2.05, 4.69) is 5.32 Å². The summed E-state index contributed by atoms with van der Waals surface area (Å²) in [7, 11) is 0. The molecule has 100 valence electrons. The Morgan fingerprint density at radius 1 is 1.28 bits per heavy atom. The summed E-state index contributed by atoms with van der Waals surface area (Å²) in [5.41, 5.74) is -0.717. The number of fused-ring (bicyclic) bond motifs is 2. The Bertz CT molecular complexity index is 402. The molecule has 0 aromatic carbocycles. The molecule has 0 heterocycles. The van der Waals surface area contributed by atoms with Gasteiger partial charge in [-0.05, 0) is 32.1 Å². The number of hydrogen-bond donors (Lipinski definition) is 3. The molecule has 1 amide bonds. The first kappa shape index (κ1) is 13.1. The number of carboxylic acids is 1. The van der Waals surface area contributed by atoms with E-state index in [0.717, 1.165) is 6.42 Å². The summed E-state index contributed by atoms with van der Waals surface area (Å²) < 4.78 is 0. The summed E-state index contributed by atoms with van der Waals surface area (Å²) in [6.07, 6.45) is 4.60. The van der Waals surface area contributed by atoms with Crippen molar-refractivity contribution >= 4 is 11.9 Å². The summed E-state index contributed by atoms with van der Waals surface area (Å²) in [6, 6.07) is 0. The molecule has 2 rings (SSSR count). The zero-order chi connectivity index (χ0) is 13.5. The SMILES string of the molecule is CC(C)(CO)NC(=O)C1C2C=CC(C2)C1C(=O)O. The normalized spacial score (nSPS) is 33.7. The van der Waals surface area contributed by atoms with E-state index in [1.165, 1.54) is 0 Å². The van der Waals surface area contributed by atoms with Crippen LogP contribution in [0.4, 0.5) is 0 Å². The number of aliphatic carboxylic acids is 1. The topological polar surface area (TPSA) is 86.6 Å². The first-order valence-corrected chi connectivity index (χ1v) is 6.20. The van der Waals surface area contributed by atoms with E-state index < -0.39 is 23.3 Å². The van der Waals surface area contributed by atoms with Crippen molar-refractivity contribution in [3.05, 3.63) is 12.2 Å². The summed E-state index contributed by atoms with van der Waals surface area (Å²) >= 11 is 0. The number of amides is 1. The van der Waals surface area contributed by atoms with Gasteiger partial charge in [0.05, 0.1) is 24.0 Å². The largest absolute Gasteiger partial charge is 0.481 e. The molecule has 2 bridgehead atoms. The van der Waals surface area contributed by atoms with Gasteiger partial charge in [-0.2, -0.15) is 0 Å². The van der Waals surface area contributed by atoms with E-state index in [0.29, 0.717) is 0 Å². The van der Waals surface area contributed by atoms with Crippen LogP contribution in [-0.2, 0) is 9.59 Å². The van der Waals surface area contributed by atoms with Crippen LogP contribution in [0.15, 0.2) is 12.2 Å². The van der Waals surface area contributed by atoms with Gasteiger partial charge in [-0.25, -0.2) is 0 Å². The molecular formula is C13H19NO4. The average Bonchev–Trinajstić information content (AvgIpc) is 2.87. The van der Waals surface area contributed by atoms with Gasteiger partial charge >= 0.3 is 5.97 Å². The number of carboxylic acid groups (broad SMARTS) is 1. The first-order chi connectivity index (χ1) is 8.35. The minimum atomic E-state index is -0.909. The summed E-state index contributed by atoms with van der Waals surface area (Å²) in [4.78, 5) is 23.5. The predicted molar refractivity (Wildman–Crippen MR) is 64.7 cm³/mol. The molecule has 18 heavy (non-hydrogen) atoms. The van der Waals surface area contributed by atoms with Gasteiger partial charge in [0.1, 0.15) is 0 Å². The maximum atomic E-state index is 12.2. The lowest BCUT2D eigenvalue weighted by molar-refractivity contribution is -0.148. The summed E-state index contributed by atoms with van der Waals surface area (Å²) in [5, 5.41) is 21.1. The van der Waals surface area contributed by atoms with Gasteiger partial charge in [-0.15, -0.1) is 0 Å². The summed E-state index contributed by atoms with van der Waals surface area (Å²) in [5.74, 6) is -2.32. The minimum Gasteiger partial charge on any atom is -0.481 e. The fourth-order valence-corrected chi connectivity index (χ4v) is 2.97. The minimum absolute atomic E-state index is 0.0191. The molecule has 4 unspecified atom stereocenters. The lowest BCUT2D eigenvalue weighted by Gasteiger charge is -2.29. The highest BCUT2D eigenvalue weighted by atomic mass is 16.4. The molecule has 0 aromatic rings. The van der Waals surface area contributed by atoms with Gasteiger partial charge in [-0.3, -0.25) is 9.59 Å². The Morgan fingerprint density at radius 3 is 2.33 bits per heavy atom. The zero-order valence-electron chi connectivity index (χ0n) is 10.6. The molecule has 5 nitrogen and oxygen atoms in total. The molecule has 1 saturated carbocycles. The Kier molecular flexibility index (Phi) is 3.19. The maximum absolute atomic E-state index is 12.2. The van der Waals surface area contributed by atoms with Crippen LogP contribution >= 0.6 is 0 Å². The second-order valence-electron chi connectivity index (χ2n) is 5.87. The van der Waals surface area contributed by atoms with Crippen molar-refractivity contribution in [3.63, 3.8) is 0 Å². The number of nitrogens with one attached hydrogen (secondary N) is 1. The molecule has 4 atom stereocenters. The molecule has 5 heteroatoms. The molecule has 1 fully saturated rings. The number of rotatable bonds is 4. The van der Waals surface area contributed by atoms with Crippen molar-refractivity contribution in [2.75, 3.05) is 6.61 Å². The molecule has 3 N–H and O–H groups in total. The molecule has 0 spiro atoms. The Hall–Kier alpha value is -1.36. The monoisotopic (exact) mass is 253 g/mol. The number of allylic oxidation sites excluding steroid dienone is 2. The third kappa shape index (κ3) is 2.14. The second-order valence-corrected chi connectivity index (χ2v) is 5.87. The van der Waals surface area contributed by atoms with Crippen molar-refractivity contribution in [2.24, 2.45) is 23.7 Å². The van der Waals surface area contributed by atoms with Gasteiger partial charge in [0.25, 0.3) is 0 Å². The van der Waals surface area contributed by atoms with Gasteiger partial charge in [0, 0.05) is 0 Å². The fourth-order valence-electron chi connectivity index (χ4n) is 2.97. The van der Waals surface area contributed by atoms with Gasteiger partial charge < -0.3 is 15.5 Å². The molecular weight excluding hydrogens is 234 g/mol. The third-order valence-electron chi connectivity index (χ3n) is 3.90. The number of aliphatic hydroxyl groups excluding tert-OH is 1. The number of carbonyl (C=O) groups excluding carboxylic acids is 1. The van der Waals surface area contributed by atoms with Crippen LogP contribution in [0.3, 0.4) is 0 Å². The summed E-state index contributed by atoms with van der Waals surface area (Å²) in [6.45, 7) is 3.25. The van der Waals surface area contributed by atoms with Crippen molar-refractivity contribution in [3.8, 4) is 0 Å². The fraction of sp³-hybridized carbons (Fsp3) is 0.692. The van der Waals surface area contributed by atoms with Crippen LogP contribution in [0.5, 0.6) is 0 Å². The quantitative estimate of drug-likeness (QED) is 0.633. The van der Waals surface area contributed by atoms with E-state index in [1.807, 2.05) is 12.2 Å². The molecule has 0 aliphatic heterocycles.